The van der Waals surface area contributed by atoms with E-state index in [0.717, 1.165) is 25.9 Å². The maximum Gasteiger partial charge on any atom is 0.0613 e. The van der Waals surface area contributed by atoms with Gasteiger partial charge >= 0.3 is 0 Å². The van der Waals surface area contributed by atoms with Crippen molar-refractivity contribution in [2.75, 3.05) is 19.7 Å². The number of hydrogen-bond donors (Lipinski definition) is 3. The van der Waals surface area contributed by atoms with Gasteiger partial charge in [-0.25, -0.2) is 0 Å². The van der Waals surface area contributed by atoms with E-state index in [1.807, 2.05) is 0 Å². The minimum absolute atomic E-state index is 0.00229. The van der Waals surface area contributed by atoms with E-state index in [-0.39, 0.29) is 12.1 Å². The van der Waals surface area contributed by atoms with Crippen LogP contribution in [0.25, 0.3) is 0 Å². The van der Waals surface area contributed by atoms with Crippen molar-refractivity contribution in [3.05, 3.63) is 0 Å². The first-order chi connectivity index (χ1) is 7.13. The summed E-state index contributed by atoms with van der Waals surface area (Å²) in [6.07, 6.45) is 4.70. The minimum atomic E-state index is 0.00229. The zero-order valence-electron chi connectivity index (χ0n) is 10.1. The molecule has 0 amide bonds. The third-order valence-electron chi connectivity index (χ3n) is 3.85. The van der Waals surface area contributed by atoms with Gasteiger partial charge < -0.3 is 16.2 Å². The van der Waals surface area contributed by atoms with E-state index < -0.39 is 0 Å². The molecule has 4 N–H and O–H groups in total. The number of rotatable bonds is 6. The van der Waals surface area contributed by atoms with E-state index in [2.05, 4.69) is 19.2 Å². The molecule has 1 saturated carbocycles. The Balaban J connectivity index is 2.39. The number of aliphatic hydroxyl groups excluding tert-OH is 1. The second kappa shape index (κ2) is 5.83. The van der Waals surface area contributed by atoms with Gasteiger partial charge in [0.15, 0.2) is 0 Å². The van der Waals surface area contributed by atoms with Crippen LogP contribution in [0.2, 0.25) is 0 Å². The van der Waals surface area contributed by atoms with Gasteiger partial charge in [0.05, 0.1) is 6.61 Å². The van der Waals surface area contributed by atoms with Crippen molar-refractivity contribution in [3.8, 4) is 0 Å². The van der Waals surface area contributed by atoms with Crippen molar-refractivity contribution >= 4 is 0 Å². The lowest BCUT2D eigenvalue weighted by Crippen LogP contribution is -2.49. The molecule has 0 saturated heterocycles. The topological polar surface area (TPSA) is 58.3 Å². The summed E-state index contributed by atoms with van der Waals surface area (Å²) in [5, 5.41) is 13.0. The Bertz CT molecular complexity index is 176. The Hall–Kier alpha value is -0.120. The fourth-order valence-corrected chi connectivity index (χ4v) is 2.38. The second-order valence-corrected chi connectivity index (χ2v) is 5.27. The van der Waals surface area contributed by atoms with Crippen LogP contribution in [0.15, 0.2) is 0 Å². The fraction of sp³-hybridized carbons (Fsp3) is 1.00. The van der Waals surface area contributed by atoms with Crippen LogP contribution in [0.5, 0.6) is 0 Å². The molecule has 0 aliphatic heterocycles. The number of hydrogen-bond acceptors (Lipinski definition) is 3. The Labute approximate surface area is 93.4 Å². The lowest BCUT2D eigenvalue weighted by Gasteiger charge is -2.31. The molecule has 0 radical (unpaired) electrons. The molecule has 1 rings (SSSR count). The molecule has 1 unspecified atom stereocenters. The molecule has 1 fully saturated rings. The van der Waals surface area contributed by atoms with Gasteiger partial charge in [0.1, 0.15) is 0 Å². The Morgan fingerprint density at radius 2 is 1.93 bits per heavy atom. The normalized spacial score (nSPS) is 22.2. The molecule has 0 aromatic rings. The molecule has 0 spiro atoms. The molecule has 0 aromatic heterocycles. The summed E-state index contributed by atoms with van der Waals surface area (Å²) in [5.74, 6) is 1.13. The predicted molar refractivity (Wildman–Crippen MR) is 63.7 cm³/mol. The predicted octanol–water partition coefficient (Wildman–Crippen LogP) is 1.11. The summed E-state index contributed by atoms with van der Waals surface area (Å²) in [7, 11) is 0. The highest BCUT2D eigenvalue weighted by atomic mass is 16.3. The van der Waals surface area contributed by atoms with Gasteiger partial charge in [-0.05, 0) is 31.2 Å². The average Bonchev–Trinajstić information content (AvgIpc) is 2.68. The highest BCUT2D eigenvalue weighted by molar-refractivity contribution is 4.92. The van der Waals surface area contributed by atoms with Crippen molar-refractivity contribution in [2.45, 2.75) is 45.1 Å². The first-order valence-corrected chi connectivity index (χ1v) is 6.19. The molecule has 1 aliphatic rings. The van der Waals surface area contributed by atoms with Crippen molar-refractivity contribution in [1.82, 2.24) is 5.32 Å². The van der Waals surface area contributed by atoms with Crippen LogP contribution in [-0.2, 0) is 0 Å². The smallest absolute Gasteiger partial charge is 0.0613 e. The summed E-state index contributed by atoms with van der Waals surface area (Å²) in [5.41, 5.74) is 5.74. The van der Waals surface area contributed by atoms with Crippen molar-refractivity contribution in [3.63, 3.8) is 0 Å². The quantitative estimate of drug-likeness (QED) is 0.621. The molecule has 0 aromatic carbocycles. The van der Waals surface area contributed by atoms with Crippen LogP contribution in [0, 0.1) is 11.8 Å². The number of nitrogens with one attached hydrogen (secondary N) is 1. The highest BCUT2D eigenvalue weighted by Crippen LogP contribution is 2.29. The first kappa shape index (κ1) is 12.9. The third-order valence-corrected chi connectivity index (χ3v) is 3.85. The van der Waals surface area contributed by atoms with E-state index >= 15 is 0 Å². The summed E-state index contributed by atoms with van der Waals surface area (Å²) in [6, 6.07) is 0. The minimum Gasteiger partial charge on any atom is -0.394 e. The SMILES string of the molecule is CC(C)C(CN)CNC1(CO)CCCC1. The Morgan fingerprint density at radius 3 is 2.33 bits per heavy atom. The van der Waals surface area contributed by atoms with Crippen molar-refractivity contribution < 1.29 is 5.11 Å². The maximum absolute atomic E-state index is 9.45. The van der Waals surface area contributed by atoms with Crippen LogP contribution >= 0.6 is 0 Å². The van der Waals surface area contributed by atoms with E-state index in [0.29, 0.717) is 11.8 Å². The van der Waals surface area contributed by atoms with Gasteiger partial charge in [-0.1, -0.05) is 26.7 Å². The van der Waals surface area contributed by atoms with Gasteiger partial charge in [0.2, 0.25) is 0 Å². The fourth-order valence-electron chi connectivity index (χ4n) is 2.38. The van der Waals surface area contributed by atoms with Crippen LogP contribution < -0.4 is 11.1 Å². The molecular formula is C12H26N2O. The van der Waals surface area contributed by atoms with E-state index in [4.69, 9.17) is 5.73 Å². The van der Waals surface area contributed by atoms with Crippen LogP contribution in [0.3, 0.4) is 0 Å². The first-order valence-electron chi connectivity index (χ1n) is 6.19. The number of nitrogens with two attached hydrogens (primary N) is 1. The molecule has 3 heteroatoms. The van der Waals surface area contributed by atoms with Crippen LogP contribution in [0.1, 0.15) is 39.5 Å². The molecule has 3 nitrogen and oxygen atoms in total. The molecule has 1 aliphatic carbocycles. The largest absolute Gasteiger partial charge is 0.394 e. The van der Waals surface area contributed by atoms with E-state index in [1.165, 1.54) is 12.8 Å². The zero-order chi connectivity index (χ0) is 11.3. The standard InChI is InChI=1S/C12H26N2O/c1-10(2)11(7-13)8-14-12(9-15)5-3-4-6-12/h10-11,14-15H,3-9,13H2,1-2H3. The lowest BCUT2D eigenvalue weighted by atomic mass is 9.93. The Kier molecular flexibility index (Phi) is 5.03. The van der Waals surface area contributed by atoms with Gasteiger partial charge in [-0.15, -0.1) is 0 Å². The van der Waals surface area contributed by atoms with Crippen molar-refractivity contribution in [1.29, 1.82) is 0 Å². The summed E-state index contributed by atoms with van der Waals surface area (Å²) >= 11 is 0. The van der Waals surface area contributed by atoms with Gasteiger partial charge in [0, 0.05) is 12.1 Å². The molecule has 1 atom stereocenters. The van der Waals surface area contributed by atoms with Crippen LogP contribution in [0.4, 0.5) is 0 Å². The van der Waals surface area contributed by atoms with E-state index in [1.54, 1.807) is 0 Å². The summed E-state index contributed by atoms with van der Waals surface area (Å²) < 4.78 is 0. The molecule has 0 bridgehead atoms. The Morgan fingerprint density at radius 1 is 1.33 bits per heavy atom. The second-order valence-electron chi connectivity index (χ2n) is 5.27. The van der Waals surface area contributed by atoms with Gasteiger partial charge in [-0.3, -0.25) is 0 Å². The summed E-state index contributed by atoms with van der Waals surface area (Å²) in [6.45, 7) is 6.35. The van der Waals surface area contributed by atoms with Gasteiger partial charge in [0.25, 0.3) is 0 Å². The molecular weight excluding hydrogens is 188 g/mol. The highest BCUT2D eigenvalue weighted by Gasteiger charge is 2.33. The zero-order valence-corrected chi connectivity index (χ0v) is 10.1. The maximum atomic E-state index is 9.45. The molecule has 15 heavy (non-hydrogen) atoms. The number of aliphatic hydroxyl groups is 1. The third kappa shape index (κ3) is 3.44. The van der Waals surface area contributed by atoms with E-state index in [9.17, 15) is 5.11 Å². The average molecular weight is 214 g/mol. The lowest BCUT2D eigenvalue weighted by molar-refractivity contribution is 0.154. The van der Waals surface area contributed by atoms with Crippen LogP contribution in [-0.4, -0.2) is 30.3 Å². The molecule has 90 valence electrons. The molecule has 0 heterocycles. The van der Waals surface area contributed by atoms with Crippen molar-refractivity contribution in [2.24, 2.45) is 17.6 Å². The summed E-state index contributed by atoms with van der Waals surface area (Å²) in [4.78, 5) is 0. The van der Waals surface area contributed by atoms with Gasteiger partial charge in [-0.2, -0.15) is 0 Å². The monoisotopic (exact) mass is 214 g/mol.